The third kappa shape index (κ3) is 3.35. The van der Waals surface area contributed by atoms with Crippen LogP contribution in [0.2, 0.25) is 0 Å². The molecule has 0 unspecified atom stereocenters. The summed E-state index contributed by atoms with van der Waals surface area (Å²) in [6.45, 7) is 1.98. The number of nitrogens with one attached hydrogen (secondary N) is 1. The molecule has 2 aromatic rings. The molecule has 0 fully saturated rings. The second kappa shape index (κ2) is 5.89. The number of carbonyl (C=O) groups excluding carboxylic acids is 1. The van der Waals surface area contributed by atoms with E-state index in [1.807, 2.05) is 43.3 Å². The molecule has 0 aromatic heterocycles. The Morgan fingerprint density at radius 3 is 2.68 bits per heavy atom. The number of nitrogens with two attached hydrogens (primary N) is 1. The van der Waals surface area contributed by atoms with Crippen molar-refractivity contribution < 1.29 is 4.79 Å². The van der Waals surface area contributed by atoms with E-state index in [2.05, 4.69) is 21.2 Å². The van der Waals surface area contributed by atoms with Crippen molar-refractivity contribution in [2.45, 2.75) is 13.3 Å². The Morgan fingerprint density at radius 2 is 1.95 bits per heavy atom. The van der Waals surface area contributed by atoms with Gasteiger partial charge in [-0.05, 0) is 46.1 Å². The van der Waals surface area contributed by atoms with Crippen molar-refractivity contribution in [1.82, 2.24) is 0 Å². The van der Waals surface area contributed by atoms with Gasteiger partial charge in [-0.2, -0.15) is 0 Å². The van der Waals surface area contributed by atoms with Crippen LogP contribution in [0, 0.1) is 6.92 Å². The Kier molecular flexibility index (Phi) is 4.22. The minimum Gasteiger partial charge on any atom is -0.398 e. The highest BCUT2D eigenvalue weighted by Crippen LogP contribution is 2.26. The van der Waals surface area contributed by atoms with E-state index < -0.39 is 0 Å². The number of carbonyl (C=O) groups is 1. The van der Waals surface area contributed by atoms with Crippen molar-refractivity contribution in [1.29, 1.82) is 0 Å². The Labute approximate surface area is 121 Å². The highest BCUT2D eigenvalue weighted by Gasteiger charge is 2.09. The number of rotatable bonds is 3. The van der Waals surface area contributed by atoms with E-state index in [-0.39, 0.29) is 12.3 Å². The van der Waals surface area contributed by atoms with Crippen LogP contribution in [-0.2, 0) is 11.2 Å². The number of benzene rings is 2. The first-order valence-corrected chi connectivity index (χ1v) is 6.75. The van der Waals surface area contributed by atoms with Gasteiger partial charge in [0.05, 0.1) is 12.1 Å². The van der Waals surface area contributed by atoms with E-state index in [1.165, 1.54) is 0 Å². The number of para-hydroxylation sites is 1. The highest BCUT2D eigenvalue weighted by atomic mass is 79.9. The largest absolute Gasteiger partial charge is 0.398 e. The third-order valence-electron chi connectivity index (χ3n) is 2.87. The molecule has 0 saturated carbocycles. The molecule has 19 heavy (non-hydrogen) atoms. The van der Waals surface area contributed by atoms with Gasteiger partial charge in [0.1, 0.15) is 0 Å². The van der Waals surface area contributed by atoms with Crippen molar-refractivity contribution in [3.63, 3.8) is 0 Å². The van der Waals surface area contributed by atoms with Gasteiger partial charge in [0.25, 0.3) is 0 Å². The lowest BCUT2D eigenvalue weighted by molar-refractivity contribution is -0.115. The minimum absolute atomic E-state index is 0.0794. The summed E-state index contributed by atoms with van der Waals surface area (Å²) in [6, 6.07) is 13.1. The first-order chi connectivity index (χ1) is 9.08. The van der Waals surface area contributed by atoms with Gasteiger partial charge < -0.3 is 11.1 Å². The maximum absolute atomic E-state index is 12.0. The molecule has 0 bridgehead atoms. The van der Waals surface area contributed by atoms with Gasteiger partial charge in [0, 0.05) is 10.2 Å². The summed E-state index contributed by atoms with van der Waals surface area (Å²) in [6.07, 6.45) is 0.271. The fourth-order valence-corrected chi connectivity index (χ4v) is 2.17. The van der Waals surface area contributed by atoms with Gasteiger partial charge in [-0.1, -0.05) is 30.3 Å². The summed E-state index contributed by atoms with van der Waals surface area (Å²) in [7, 11) is 0. The smallest absolute Gasteiger partial charge is 0.228 e. The van der Waals surface area contributed by atoms with Crippen LogP contribution in [0.1, 0.15) is 11.1 Å². The highest BCUT2D eigenvalue weighted by molar-refractivity contribution is 9.10. The molecule has 4 heteroatoms. The number of halogens is 1. The summed E-state index contributed by atoms with van der Waals surface area (Å²) in [4.78, 5) is 12.0. The van der Waals surface area contributed by atoms with Gasteiger partial charge in [-0.25, -0.2) is 0 Å². The Bertz CT molecular complexity index is 611. The van der Waals surface area contributed by atoms with E-state index in [4.69, 9.17) is 5.73 Å². The number of hydrogen-bond donors (Lipinski definition) is 2. The van der Waals surface area contributed by atoms with Crippen LogP contribution in [0.25, 0.3) is 0 Å². The predicted octanol–water partition coefficient (Wildman–Crippen LogP) is 3.52. The third-order valence-corrected chi connectivity index (χ3v) is 3.92. The Hall–Kier alpha value is -1.81. The number of nitrogen functional groups attached to an aromatic ring is 1. The van der Waals surface area contributed by atoms with Crippen LogP contribution in [0.5, 0.6) is 0 Å². The van der Waals surface area contributed by atoms with Gasteiger partial charge >= 0.3 is 0 Å². The SMILES string of the molecule is Cc1cccc(NC(=O)Cc2ccccc2N)c1Br. The normalized spacial score (nSPS) is 10.2. The number of amides is 1. The van der Waals surface area contributed by atoms with Crippen LogP contribution in [0.4, 0.5) is 11.4 Å². The summed E-state index contributed by atoms with van der Waals surface area (Å²) in [5.41, 5.74) is 9.16. The van der Waals surface area contributed by atoms with Crippen LogP contribution in [-0.4, -0.2) is 5.91 Å². The van der Waals surface area contributed by atoms with E-state index in [0.29, 0.717) is 5.69 Å². The fourth-order valence-electron chi connectivity index (χ4n) is 1.81. The minimum atomic E-state index is -0.0794. The van der Waals surface area contributed by atoms with Crippen molar-refractivity contribution in [3.8, 4) is 0 Å². The van der Waals surface area contributed by atoms with Gasteiger partial charge in [0.2, 0.25) is 5.91 Å². The van der Waals surface area contributed by atoms with Crippen molar-refractivity contribution in [3.05, 3.63) is 58.1 Å². The fraction of sp³-hybridized carbons (Fsp3) is 0.133. The molecule has 0 heterocycles. The number of aryl methyl sites for hydroxylation is 1. The van der Waals surface area contributed by atoms with Gasteiger partial charge in [0.15, 0.2) is 0 Å². The molecule has 0 aliphatic heterocycles. The van der Waals surface area contributed by atoms with E-state index in [0.717, 1.165) is 21.3 Å². The lowest BCUT2D eigenvalue weighted by atomic mass is 10.1. The Morgan fingerprint density at radius 1 is 1.21 bits per heavy atom. The van der Waals surface area contributed by atoms with Crippen molar-refractivity contribution in [2.75, 3.05) is 11.1 Å². The lowest BCUT2D eigenvalue weighted by Crippen LogP contribution is -2.15. The maximum Gasteiger partial charge on any atom is 0.228 e. The number of hydrogen-bond acceptors (Lipinski definition) is 2. The molecule has 1 amide bonds. The standard InChI is InChI=1S/C15H15BrN2O/c1-10-5-4-8-13(15(10)16)18-14(19)9-11-6-2-3-7-12(11)17/h2-8H,9,17H2,1H3,(H,18,19). The molecule has 0 aliphatic rings. The van der Waals surface area contributed by atoms with Crippen LogP contribution in [0.15, 0.2) is 46.9 Å². The predicted molar refractivity (Wildman–Crippen MR) is 82.1 cm³/mol. The van der Waals surface area contributed by atoms with Crippen LogP contribution < -0.4 is 11.1 Å². The zero-order valence-corrected chi connectivity index (χ0v) is 12.2. The number of anilines is 2. The summed E-state index contributed by atoms with van der Waals surface area (Å²) >= 11 is 3.47. The van der Waals surface area contributed by atoms with Gasteiger partial charge in [-0.15, -0.1) is 0 Å². The molecule has 3 nitrogen and oxygen atoms in total. The molecule has 2 rings (SSSR count). The average Bonchev–Trinajstić information content (AvgIpc) is 2.38. The second-order valence-corrected chi connectivity index (χ2v) is 5.15. The molecule has 3 N–H and O–H groups in total. The summed E-state index contributed by atoms with van der Waals surface area (Å²) in [5, 5.41) is 2.89. The molecule has 0 aliphatic carbocycles. The van der Waals surface area contributed by atoms with Crippen LogP contribution >= 0.6 is 15.9 Å². The van der Waals surface area contributed by atoms with Crippen molar-refractivity contribution >= 4 is 33.2 Å². The van der Waals surface area contributed by atoms with E-state index in [1.54, 1.807) is 6.07 Å². The zero-order valence-electron chi connectivity index (χ0n) is 10.6. The summed E-state index contributed by atoms with van der Waals surface area (Å²) < 4.78 is 0.907. The molecular formula is C15H15BrN2O. The average molecular weight is 319 g/mol. The molecule has 2 aromatic carbocycles. The Balaban J connectivity index is 2.10. The molecule has 0 radical (unpaired) electrons. The van der Waals surface area contributed by atoms with E-state index in [9.17, 15) is 4.79 Å². The second-order valence-electron chi connectivity index (χ2n) is 4.36. The topological polar surface area (TPSA) is 55.1 Å². The molecule has 0 saturated heterocycles. The lowest BCUT2D eigenvalue weighted by Gasteiger charge is -2.10. The van der Waals surface area contributed by atoms with Crippen molar-refractivity contribution in [2.24, 2.45) is 0 Å². The maximum atomic E-state index is 12.0. The van der Waals surface area contributed by atoms with Crippen LogP contribution in [0.3, 0.4) is 0 Å². The first-order valence-electron chi connectivity index (χ1n) is 5.96. The van der Waals surface area contributed by atoms with E-state index >= 15 is 0 Å². The zero-order chi connectivity index (χ0) is 13.8. The molecular weight excluding hydrogens is 304 g/mol. The quantitative estimate of drug-likeness (QED) is 0.851. The molecule has 0 spiro atoms. The van der Waals surface area contributed by atoms with Gasteiger partial charge in [-0.3, -0.25) is 4.79 Å². The summed E-state index contributed by atoms with van der Waals surface area (Å²) in [5.74, 6) is -0.0794. The first kappa shape index (κ1) is 13.6. The molecule has 0 atom stereocenters. The molecule has 98 valence electrons. The monoisotopic (exact) mass is 318 g/mol.